The predicted molar refractivity (Wildman–Crippen MR) is 97.2 cm³/mol. The van der Waals surface area contributed by atoms with Crippen molar-refractivity contribution in [2.75, 3.05) is 6.54 Å². The van der Waals surface area contributed by atoms with Crippen LogP contribution >= 0.6 is 11.6 Å². The zero-order valence-corrected chi connectivity index (χ0v) is 13.8. The number of rotatable bonds is 5. The Bertz CT molecular complexity index is 817. The molecule has 0 saturated heterocycles. The van der Waals surface area contributed by atoms with Gasteiger partial charge in [-0.1, -0.05) is 35.9 Å². The number of aromatic nitrogens is 1. The van der Waals surface area contributed by atoms with Crippen LogP contribution in [-0.2, 0) is 6.42 Å². The lowest BCUT2D eigenvalue weighted by atomic mass is 10.0. The highest BCUT2D eigenvalue weighted by Gasteiger charge is 2.07. The van der Waals surface area contributed by atoms with Crippen molar-refractivity contribution in [2.24, 2.45) is 0 Å². The van der Waals surface area contributed by atoms with E-state index in [1.54, 1.807) is 12.4 Å². The molecule has 4 heteroatoms. The van der Waals surface area contributed by atoms with E-state index in [1.807, 2.05) is 60.7 Å². The van der Waals surface area contributed by atoms with Crippen LogP contribution < -0.4 is 5.32 Å². The highest BCUT2D eigenvalue weighted by molar-refractivity contribution is 6.30. The summed E-state index contributed by atoms with van der Waals surface area (Å²) in [5, 5.41) is 3.65. The number of carbonyl (C=O) groups excluding carboxylic acids is 1. The second kappa shape index (κ2) is 7.75. The Labute approximate surface area is 146 Å². The van der Waals surface area contributed by atoms with E-state index >= 15 is 0 Å². The van der Waals surface area contributed by atoms with E-state index in [0.29, 0.717) is 17.1 Å². The van der Waals surface area contributed by atoms with Crippen molar-refractivity contribution in [3.63, 3.8) is 0 Å². The molecule has 24 heavy (non-hydrogen) atoms. The molecule has 2 aromatic carbocycles. The van der Waals surface area contributed by atoms with Crippen LogP contribution in [0.15, 0.2) is 73.1 Å². The summed E-state index contributed by atoms with van der Waals surface area (Å²) < 4.78 is 0. The van der Waals surface area contributed by atoms with Crippen molar-refractivity contribution >= 4 is 17.5 Å². The molecule has 0 aliphatic rings. The highest BCUT2D eigenvalue weighted by atomic mass is 35.5. The van der Waals surface area contributed by atoms with Gasteiger partial charge in [0.15, 0.2) is 0 Å². The van der Waals surface area contributed by atoms with Crippen LogP contribution in [-0.4, -0.2) is 17.4 Å². The number of pyridine rings is 1. The zero-order valence-electron chi connectivity index (χ0n) is 13.1. The first-order valence-electron chi connectivity index (χ1n) is 7.75. The third-order valence-electron chi connectivity index (χ3n) is 3.75. The molecule has 0 atom stereocenters. The minimum atomic E-state index is -0.0696. The number of nitrogens with one attached hydrogen (secondary N) is 1. The fourth-order valence-electron chi connectivity index (χ4n) is 2.45. The summed E-state index contributed by atoms with van der Waals surface area (Å²) >= 11 is 5.92. The van der Waals surface area contributed by atoms with E-state index in [9.17, 15) is 4.79 Å². The Morgan fingerprint density at radius 2 is 1.71 bits per heavy atom. The molecule has 0 saturated carbocycles. The average molecular weight is 337 g/mol. The molecular formula is C20H17ClN2O. The second-order valence-electron chi connectivity index (χ2n) is 5.45. The predicted octanol–water partition coefficient (Wildman–Crippen LogP) is 4.37. The third kappa shape index (κ3) is 4.21. The monoisotopic (exact) mass is 336 g/mol. The minimum absolute atomic E-state index is 0.0696. The van der Waals surface area contributed by atoms with Gasteiger partial charge < -0.3 is 5.32 Å². The Hall–Kier alpha value is -2.65. The molecule has 3 rings (SSSR count). The third-order valence-corrected chi connectivity index (χ3v) is 4.00. The van der Waals surface area contributed by atoms with E-state index in [1.165, 1.54) is 0 Å². The van der Waals surface area contributed by atoms with E-state index < -0.39 is 0 Å². The van der Waals surface area contributed by atoms with Crippen molar-refractivity contribution in [2.45, 2.75) is 6.42 Å². The molecule has 120 valence electrons. The molecule has 3 aromatic rings. The molecule has 0 aliphatic heterocycles. The van der Waals surface area contributed by atoms with Crippen LogP contribution in [0.3, 0.4) is 0 Å². The largest absolute Gasteiger partial charge is 0.352 e. The second-order valence-corrected chi connectivity index (χ2v) is 5.89. The van der Waals surface area contributed by atoms with E-state index in [2.05, 4.69) is 10.3 Å². The minimum Gasteiger partial charge on any atom is -0.352 e. The molecule has 0 aliphatic carbocycles. The summed E-state index contributed by atoms with van der Waals surface area (Å²) in [5.41, 5.74) is 3.83. The number of amides is 1. The molecule has 0 fully saturated rings. The molecule has 1 amide bonds. The van der Waals surface area contributed by atoms with Crippen LogP contribution in [0.5, 0.6) is 0 Å². The van der Waals surface area contributed by atoms with Crippen LogP contribution in [0.4, 0.5) is 0 Å². The van der Waals surface area contributed by atoms with Crippen molar-refractivity contribution in [3.05, 3.63) is 89.2 Å². The Kier molecular flexibility index (Phi) is 5.24. The van der Waals surface area contributed by atoms with Crippen molar-refractivity contribution in [1.29, 1.82) is 0 Å². The van der Waals surface area contributed by atoms with Gasteiger partial charge in [-0.2, -0.15) is 0 Å². The van der Waals surface area contributed by atoms with Gasteiger partial charge >= 0.3 is 0 Å². The summed E-state index contributed by atoms with van der Waals surface area (Å²) in [5.74, 6) is -0.0696. The molecule has 1 heterocycles. The fourth-order valence-corrected chi connectivity index (χ4v) is 2.58. The number of nitrogens with zero attached hydrogens (tertiary/aromatic N) is 1. The quantitative estimate of drug-likeness (QED) is 0.751. The van der Waals surface area contributed by atoms with Gasteiger partial charge in [0.25, 0.3) is 5.91 Å². The number of carbonyl (C=O) groups is 1. The molecule has 0 spiro atoms. The average Bonchev–Trinajstić information content (AvgIpc) is 2.63. The molecule has 3 nitrogen and oxygen atoms in total. The molecular weight excluding hydrogens is 320 g/mol. The van der Waals surface area contributed by atoms with Gasteiger partial charge in [0.2, 0.25) is 0 Å². The molecule has 0 unspecified atom stereocenters. The van der Waals surface area contributed by atoms with Crippen LogP contribution in [0.25, 0.3) is 11.1 Å². The van der Waals surface area contributed by atoms with Gasteiger partial charge in [-0.05, 0) is 59.5 Å². The number of hydrogen-bond donors (Lipinski definition) is 1. The maximum atomic E-state index is 12.3. The highest BCUT2D eigenvalue weighted by Crippen LogP contribution is 2.22. The van der Waals surface area contributed by atoms with Gasteiger partial charge in [-0.15, -0.1) is 0 Å². The van der Waals surface area contributed by atoms with Crippen molar-refractivity contribution < 1.29 is 4.79 Å². The Morgan fingerprint density at radius 1 is 0.958 bits per heavy atom. The summed E-state index contributed by atoms with van der Waals surface area (Å²) in [6, 6.07) is 19.1. The summed E-state index contributed by atoms with van der Waals surface area (Å²) in [6.45, 7) is 0.591. The van der Waals surface area contributed by atoms with Crippen molar-refractivity contribution in [1.82, 2.24) is 10.3 Å². The topological polar surface area (TPSA) is 42.0 Å². The molecule has 0 bridgehead atoms. The van der Waals surface area contributed by atoms with Gasteiger partial charge in [0.1, 0.15) is 0 Å². The lowest BCUT2D eigenvalue weighted by Crippen LogP contribution is -2.25. The summed E-state index contributed by atoms with van der Waals surface area (Å²) in [4.78, 5) is 16.3. The SMILES string of the molecule is O=C(NCCc1ccncc1)c1cccc(-c2ccc(Cl)cc2)c1. The number of hydrogen-bond acceptors (Lipinski definition) is 2. The number of halogens is 1. The first kappa shape index (κ1) is 16.2. The van der Waals surface area contributed by atoms with Gasteiger partial charge in [-0.3, -0.25) is 9.78 Å². The van der Waals surface area contributed by atoms with E-state index in [4.69, 9.17) is 11.6 Å². The van der Waals surface area contributed by atoms with Crippen LogP contribution in [0.2, 0.25) is 5.02 Å². The molecule has 1 aromatic heterocycles. The standard InChI is InChI=1S/C20H17ClN2O/c21-19-6-4-16(5-7-19)17-2-1-3-18(14-17)20(24)23-13-10-15-8-11-22-12-9-15/h1-9,11-12,14H,10,13H2,(H,23,24). The van der Waals surface area contributed by atoms with Gasteiger partial charge in [0, 0.05) is 29.5 Å². The van der Waals surface area contributed by atoms with Crippen LogP contribution in [0.1, 0.15) is 15.9 Å². The van der Waals surface area contributed by atoms with E-state index in [-0.39, 0.29) is 5.91 Å². The first-order chi connectivity index (χ1) is 11.7. The molecule has 1 N–H and O–H groups in total. The Balaban J connectivity index is 1.65. The molecule has 0 radical (unpaired) electrons. The zero-order chi connectivity index (χ0) is 16.8. The van der Waals surface area contributed by atoms with Gasteiger partial charge in [0.05, 0.1) is 0 Å². The van der Waals surface area contributed by atoms with Crippen molar-refractivity contribution in [3.8, 4) is 11.1 Å². The lowest BCUT2D eigenvalue weighted by molar-refractivity contribution is 0.0954. The summed E-state index contributed by atoms with van der Waals surface area (Å²) in [6.07, 6.45) is 4.30. The first-order valence-corrected chi connectivity index (χ1v) is 8.13. The van der Waals surface area contributed by atoms with Gasteiger partial charge in [-0.25, -0.2) is 0 Å². The Morgan fingerprint density at radius 3 is 2.46 bits per heavy atom. The maximum Gasteiger partial charge on any atom is 0.251 e. The van der Waals surface area contributed by atoms with E-state index in [0.717, 1.165) is 23.1 Å². The normalized spacial score (nSPS) is 10.4. The summed E-state index contributed by atoms with van der Waals surface area (Å²) in [7, 11) is 0. The number of benzene rings is 2. The van der Waals surface area contributed by atoms with Crippen LogP contribution in [0, 0.1) is 0 Å². The smallest absolute Gasteiger partial charge is 0.251 e. The maximum absolute atomic E-state index is 12.3. The lowest BCUT2D eigenvalue weighted by Gasteiger charge is -2.08. The fraction of sp³-hybridized carbons (Fsp3) is 0.100.